The molecule has 2 aliphatic rings. The molecule has 1 aliphatic heterocycles. The highest BCUT2D eigenvalue weighted by atomic mass is 16.2. The molecule has 32 heavy (non-hydrogen) atoms. The molecule has 0 saturated heterocycles. The fraction of sp³-hybridized carbons (Fsp3) is 0.333. The largest absolute Gasteiger partial charge is 0.322 e. The zero-order valence-electron chi connectivity index (χ0n) is 19.1. The third kappa shape index (κ3) is 4.53. The molecule has 0 bridgehead atoms. The van der Waals surface area contributed by atoms with Crippen LogP contribution in [-0.4, -0.2) is 48.3 Å². The molecule has 2 amide bonds. The van der Waals surface area contributed by atoms with Crippen LogP contribution in [0.1, 0.15) is 52.0 Å². The second-order valence-corrected chi connectivity index (χ2v) is 8.77. The van der Waals surface area contributed by atoms with Crippen LogP contribution in [0.15, 0.2) is 72.0 Å². The van der Waals surface area contributed by atoms with Gasteiger partial charge in [-0.05, 0) is 88.2 Å². The third-order valence-electron chi connectivity index (χ3n) is 6.37. The lowest BCUT2D eigenvalue weighted by Gasteiger charge is -2.30. The quantitative estimate of drug-likeness (QED) is 0.743. The van der Waals surface area contributed by atoms with Crippen molar-refractivity contribution in [3.63, 3.8) is 0 Å². The fourth-order valence-electron chi connectivity index (χ4n) is 4.64. The highest BCUT2D eigenvalue weighted by Crippen LogP contribution is 2.32. The molecule has 2 aromatic carbocycles. The van der Waals surface area contributed by atoms with E-state index in [2.05, 4.69) is 36.5 Å². The molecular weight excluding hydrogens is 398 g/mol. The highest BCUT2D eigenvalue weighted by Gasteiger charge is 2.30. The summed E-state index contributed by atoms with van der Waals surface area (Å²) >= 11 is 0. The summed E-state index contributed by atoms with van der Waals surface area (Å²) in [6.45, 7) is 2.66. The standard InChI is InChI=1S/C27H31N3O2/c1-19-9-4-5-10-22(19)26(31)28-21-16-14-20(15-17-21)27(32)30-18-8-13-24(29(2)3)23-11-6-7-12-25(23)30/h4-6,9-11,14-17,24H,7-8,12-13,18H2,1-3H3,(H,28,31). The maximum atomic E-state index is 13.5. The van der Waals surface area contributed by atoms with Gasteiger partial charge in [-0.1, -0.05) is 30.4 Å². The van der Waals surface area contributed by atoms with E-state index in [-0.39, 0.29) is 11.8 Å². The van der Waals surface area contributed by atoms with Gasteiger partial charge in [0, 0.05) is 35.1 Å². The monoisotopic (exact) mass is 429 g/mol. The average molecular weight is 430 g/mol. The van der Waals surface area contributed by atoms with Crippen LogP contribution < -0.4 is 5.32 Å². The number of rotatable bonds is 4. The van der Waals surface area contributed by atoms with Gasteiger partial charge in [0.15, 0.2) is 0 Å². The van der Waals surface area contributed by atoms with Crippen LogP contribution in [0.25, 0.3) is 0 Å². The van der Waals surface area contributed by atoms with E-state index in [1.54, 1.807) is 12.1 Å². The van der Waals surface area contributed by atoms with Crippen LogP contribution in [0.5, 0.6) is 0 Å². The van der Waals surface area contributed by atoms with Crippen molar-refractivity contribution >= 4 is 17.5 Å². The Balaban J connectivity index is 1.53. The van der Waals surface area contributed by atoms with E-state index in [0.717, 1.165) is 43.5 Å². The number of carbonyl (C=O) groups is 2. The number of carbonyl (C=O) groups excluding carboxylic acids is 2. The van der Waals surface area contributed by atoms with Crippen molar-refractivity contribution in [2.45, 2.75) is 38.6 Å². The number of benzene rings is 2. The number of allylic oxidation sites excluding steroid dienone is 2. The minimum atomic E-state index is -0.145. The molecule has 5 nitrogen and oxygen atoms in total. The van der Waals surface area contributed by atoms with Gasteiger partial charge in [-0.15, -0.1) is 0 Å². The summed E-state index contributed by atoms with van der Waals surface area (Å²) in [4.78, 5) is 30.3. The second kappa shape index (κ2) is 9.53. The summed E-state index contributed by atoms with van der Waals surface area (Å²) in [5.74, 6) is -0.114. The number of nitrogens with zero attached hydrogens (tertiary/aromatic N) is 2. The smallest absolute Gasteiger partial charge is 0.258 e. The first-order valence-electron chi connectivity index (χ1n) is 11.3. The van der Waals surface area contributed by atoms with Gasteiger partial charge < -0.3 is 15.1 Å². The molecule has 0 radical (unpaired) electrons. The van der Waals surface area contributed by atoms with E-state index in [4.69, 9.17) is 0 Å². The lowest BCUT2D eigenvalue weighted by atomic mass is 9.94. The summed E-state index contributed by atoms with van der Waals surface area (Å²) in [5, 5.41) is 2.93. The minimum Gasteiger partial charge on any atom is -0.322 e. The van der Waals surface area contributed by atoms with Gasteiger partial charge in [0.1, 0.15) is 0 Å². The molecule has 0 saturated carbocycles. The van der Waals surface area contributed by atoms with Crippen molar-refractivity contribution < 1.29 is 9.59 Å². The Morgan fingerprint density at radius 1 is 1.06 bits per heavy atom. The van der Waals surface area contributed by atoms with E-state index in [0.29, 0.717) is 22.9 Å². The van der Waals surface area contributed by atoms with Crippen molar-refractivity contribution in [2.24, 2.45) is 0 Å². The maximum Gasteiger partial charge on any atom is 0.258 e. The number of nitrogens with one attached hydrogen (secondary N) is 1. The van der Waals surface area contributed by atoms with Gasteiger partial charge in [-0.25, -0.2) is 0 Å². The molecule has 1 heterocycles. The van der Waals surface area contributed by atoms with Crippen LogP contribution >= 0.6 is 0 Å². The van der Waals surface area contributed by atoms with Crippen LogP contribution in [0.4, 0.5) is 5.69 Å². The Labute approximate surface area is 190 Å². The van der Waals surface area contributed by atoms with Crippen molar-refractivity contribution in [2.75, 3.05) is 26.0 Å². The molecule has 1 unspecified atom stereocenters. The van der Waals surface area contributed by atoms with Gasteiger partial charge in [0.2, 0.25) is 0 Å². The minimum absolute atomic E-state index is 0.0315. The van der Waals surface area contributed by atoms with Crippen LogP contribution in [-0.2, 0) is 0 Å². The van der Waals surface area contributed by atoms with Crippen molar-refractivity contribution in [3.8, 4) is 0 Å². The van der Waals surface area contributed by atoms with Crippen LogP contribution in [0.3, 0.4) is 0 Å². The first kappa shape index (κ1) is 22.0. The summed E-state index contributed by atoms with van der Waals surface area (Å²) < 4.78 is 0. The Hall–Kier alpha value is -3.18. The molecule has 0 aromatic heterocycles. The summed E-state index contributed by atoms with van der Waals surface area (Å²) in [6, 6.07) is 15.1. The maximum absolute atomic E-state index is 13.5. The first-order chi connectivity index (χ1) is 15.5. The molecule has 0 spiro atoms. The predicted octanol–water partition coefficient (Wildman–Crippen LogP) is 5.02. The average Bonchev–Trinajstić information content (AvgIpc) is 2.99. The lowest BCUT2D eigenvalue weighted by molar-refractivity contribution is 0.0800. The molecule has 0 fully saturated rings. The van der Waals surface area contributed by atoms with Gasteiger partial charge in [0.25, 0.3) is 11.8 Å². The van der Waals surface area contributed by atoms with Gasteiger partial charge >= 0.3 is 0 Å². The fourth-order valence-corrected chi connectivity index (χ4v) is 4.64. The van der Waals surface area contributed by atoms with E-state index >= 15 is 0 Å². The number of amides is 2. The second-order valence-electron chi connectivity index (χ2n) is 8.77. The molecule has 1 aliphatic carbocycles. The molecule has 2 aromatic rings. The number of aryl methyl sites for hydroxylation is 1. The Morgan fingerprint density at radius 2 is 1.81 bits per heavy atom. The van der Waals surface area contributed by atoms with Gasteiger partial charge in [0.05, 0.1) is 0 Å². The van der Waals surface area contributed by atoms with Gasteiger partial charge in [-0.3, -0.25) is 9.59 Å². The zero-order chi connectivity index (χ0) is 22.7. The Bertz CT molecular complexity index is 1070. The Kier molecular flexibility index (Phi) is 6.56. The third-order valence-corrected chi connectivity index (χ3v) is 6.37. The highest BCUT2D eigenvalue weighted by molar-refractivity contribution is 6.05. The normalized spacial score (nSPS) is 18.4. The van der Waals surface area contributed by atoms with Crippen LogP contribution in [0.2, 0.25) is 0 Å². The molecule has 166 valence electrons. The number of hydrogen-bond acceptors (Lipinski definition) is 3. The first-order valence-corrected chi connectivity index (χ1v) is 11.3. The lowest BCUT2D eigenvalue weighted by Crippen LogP contribution is -2.33. The van der Waals surface area contributed by atoms with Crippen molar-refractivity contribution in [3.05, 3.63) is 88.6 Å². The summed E-state index contributed by atoms with van der Waals surface area (Å²) in [6.07, 6.45) is 8.30. The Morgan fingerprint density at radius 3 is 2.53 bits per heavy atom. The molecule has 1 atom stereocenters. The number of likely N-dealkylation sites (N-methyl/N-ethyl adjacent to an activating group) is 1. The number of anilines is 1. The topological polar surface area (TPSA) is 52.7 Å². The summed E-state index contributed by atoms with van der Waals surface area (Å²) in [5.41, 5.74) is 5.33. The van der Waals surface area contributed by atoms with E-state index in [1.807, 2.05) is 48.2 Å². The number of hydrogen-bond donors (Lipinski definition) is 1. The zero-order valence-corrected chi connectivity index (χ0v) is 19.1. The predicted molar refractivity (Wildman–Crippen MR) is 129 cm³/mol. The van der Waals surface area contributed by atoms with E-state index in [1.165, 1.54) is 5.57 Å². The van der Waals surface area contributed by atoms with Gasteiger partial charge in [-0.2, -0.15) is 0 Å². The van der Waals surface area contributed by atoms with Crippen molar-refractivity contribution in [1.29, 1.82) is 0 Å². The van der Waals surface area contributed by atoms with Crippen LogP contribution in [0, 0.1) is 6.92 Å². The molecular formula is C27H31N3O2. The van der Waals surface area contributed by atoms with E-state index < -0.39 is 0 Å². The SMILES string of the molecule is Cc1ccccc1C(=O)Nc1ccc(C(=O)N2CCCC(N(C)C)C3=C2CCC=C3)cc1. The van der Waals surface area contributed by atoms with E-state index in [9.17, 15) is 9.59 Å². The van der Waals surface area contributed by atoms with Crippen molar-refractivity contribution in [1.82, 2.24) is 9.80 Å². The summed E-state index contributed by atoms with van der Waals surface area (Å²) in [7, 11) is 4.22. The molecule has 4 rings (SSSR count). The molecule has 1 N–H and O–H groups in total. The molecule has 5 heteroatoms.